The van der Waals surface area contributed by atoms with E-state index in [2.05, 4.69) is 25.6 Å². The quantitative estimate of drug-likeness (QED) is 0.186. The fourth-order valence-electron chi connectivity index (χ4n) is 5.10. The normalized spacial score (nSPS) is 11.9. The second-order valence-corrected chi connectivity index (χ2v) is 12.5. The van der Waals surface area contributed by atoms with E-state index < -0.39 is 22.0 Å². The van der Waals surface area contributed by atoms with Crippen LogP contribution in [0.2, 0.25) is 0 Å². The number of hydrogen-bond acceptors (Lipinski definition) is 9. The summed E-state index contributed by atoms with van der Waals surface area (Å²) in [5.74, 6) is -0.412. The monoisotopic (exact) mass is 646 g/mol. The van der Waals surface area contributed by atoms with E-state index in [0.717, 1.165) is 9.54 Å². The molecular weight excluding hydrogens is 619 g/mol. The Balaban J connectivity index is 1.25. The van der Waals surface area contributed by atoms with Crippen LogP contribution in [0.15, 0.2) is 109 Å². The lowest BCUT2D eigenvalue weighted by atomic mass is 10.0. The van der Waals surface area contributed by atoms with Crippen molar-refractivity contribution < 1.29 is 17.6 Å². The fourth-order valence-corrected chi connectivity index (χ4v) is 6.44. The number of benzene rings is 3. The average molecular weight is 647 g/mol. The molecule has 0 aliphatic heterocycles. The Hall–Kier alpha value is -6.13. The molecule has 0 saturated carbocycles. The highest BCUT2D eigenvalue weighted by molar-refractivity contribution is 7.90. The first kappa shape index (κ1) is 30.9. The molecule has 0 aliphatic rings. The first-order valence-corrected chi connectivity index (χ1v) is 15.8. The maximum absolute atomic E-state index is 13.5. The molecule has 234 valence electrons. The summed E-state index contributed by atoms with van der Waals surface area (Å²) in [6.45, 7) is 2.05. The van der Waals surface area contributed by atoms with Crippen LogP contribution in [0.25, 0.3) is 22.2 Å². The number of pyridine rings is 1. The predicted molar refractivity (Wildman–Crippen MR) is 175 cm³/mol. The van der Waals surface area contributed by atoms with Crippen molar-refractivity contribution in [2.75, 3.05) is 11.1 Å². The molecule has 4 N–H and O–H groups in total. The minimum Gasteiger partial charge on any atom is -0.383 e. The summed E-state index contributed by atoms with van der Waals surface area (Å²) >= 11 is 0. The van der Waals surface area contributed by atoms with Crippen molar-refractivity contribution in [2.45, 2.75) is 24.4 Å². The number of nitrogens with two attached hydrogens (primary N) is 1. The van der Waals surface area contributed by atoms with E-state index in [1.165, 1.54) is 49.1 Å². The number of halogens is 1. The molecule has 6 rings (SSSR count). The van der Waals surface area contributed by atoms with E-state index in [-0.39, 0.29) is 45.7 Å². The summed E-state index contributed by atoms with van der Waals surface area (Å²) in [6, 6.07) is 24.2. The Labute approximate surface area is 269 Å². The van der Waals surface area contributed by atoms with Gasteiger partial charge in [0.05, 0.1) is 27.5 Å². The standard InChI is InChI=1S/C34H27FN8O3S/c1-21(24-11-13-26(35)14-12-24)42-34(44)28-15-23(16-36)18-39-32(28)38-17-22-7-9-25(10-8-22)29-19-43(33-30(29)31(37)40-20-41-33)47(45,46)27-5-3-2-4-6-27/h2-15,18-21H,17H2,1H3,(H,38,39)(H,42,44)(H2,37,40,41). The minimum absolute atomic E-state index is 0.108. The van der Waals surface area contributed by atoms with Crippen LogP contribution in [0.1, 0.15) is 40.0 Å². The maximum Gasteiger partial charge on any atom is 0.269 e. The van der Waals surface area contributed by atoms with Gasteiger partial charge in [-0.05, 0) is 53.9 Å². The van der Waals surface area contributed by atoms with Crippen LogP contribution in [0.5, 0.6) is 0 Å². The van der Waals surface area contributed by atoms with E-state index in [1.807, 2.05) is 30.3 Å². The van der Waals surface area contributed by atoms with Crippen molar-refractivity contribution in [3.8, 4) is 17.2 Å². The first-order chi connectivity index (χ1) is 22.7. The van der Waals surface area contributed by atoms with Gasteiger partial charge in [-0.2, -0.15) is 5.26 Å². The van der Waals surface area contributed by atoms with Gasteiger partial charge >= 0.3 is 0 Å². The highest BCUT2D eigenvalue weighted by Gasteiger charge is 2.24. The highest BCUT2D eigenvalue weighted by atomic mass is 32.2. The van der Waals surface area contributed by atoms with Gasteiger partial charge in [0.25, 0.3) is 15.9 Å². The molecule has 11 nitrogen and oxygen atoms in total. The van der Waals surface area contributed by atoms with Crippen LogP contribution in [-0.4, -0.2) is 33.2 Å². The summed E-state index contributed by atoms with van der Waals surface area (Å²) in [5.41, 5.74) is 9.55. The maximum atomic E-state index is 13.5. The van der Waals surface area contributed by atoms with E-state index in [4.69, 9.17) is 5.73 Å². The van der Waals surface area contributed by atoms with Crippen LogP contribution in [0.3, 0.4) is 0 Å². The van der Waals surface area contributed by atoms with Crippen LogP contribution >= 0.6 is 0 Å². The van der Waals surface area contributed by atoms with Gasteiger partial charge in [0, 0.05) is 24.5 Å². The molecule has 0 bridgehead atoms. The third-order valence-corrected chi connectivity index (χ3v) is 9.25. The van der Waals surface area contributed by atoms with Crippen molar-refractivity contribution in [2.24, 2.45) is 0 Å². The van der Waals surface area contributed by atoms with E-state index in [9.17, 15) is 22.9 Å². The molecule has 3 aromatic carbocycles. The van der Waals surface area contributed by atoms with Crippen molar-refractivity contribution in [3.05, 3.63) is 132 Å². The van der Waals surface area contributed by atoms with Crippen LogP contribution < -0.4 is 16.4 Å². The van der Waals surface area contributed by atoms with Crippen molar-refractivity contribution in [1.29, 1.82) is 5.26 Å². The first-order valence-electron chi connectivity index (χ1n) is 14.4. The van der Waals surface area contributed by atoms with Gasteiger partial charge in [0.15, 0.2) is 5.65 Å². The predicted octanol–water partition coefficient (Wildman–Crippen LogP) is 5.43. The summed E-state index contributed by atoms with van der Waals surface area (Å²) < 4.78 is 41.5. The molecule has 1 unspecified atom stereocenters. The van der Waals surface area contributed by atoms with Crippen molar-refractivity contribution in [1.82, 2.24) is 24.2 Å². The summed E-state index contributed by atoms with van der Waals surface area (Å²) in [6.07, 6.45) is 4.09. The molecule has 0 fully saturated rings. The number of amides is 1. The van der Waals surface area contributed by atoms with Crippen LogP contribution in [0, 0.1) is 17.1 Å². The smallest absolute Gasteiger partial charge is 0.269 e. The van der Waals surface area contributed by atoms with Gasteiger partial charge in [-0.25, -0.2) is 31.7 Å². The van der Waals surface area contributed by atoms with Gasteiger partial charge in [0.1, 0.15) is 29.8 Å². The highest BCUT2D eigenvalue weighted by Crippen LogP contribution is 2.34. The second-order valence-electron chi connectivity index (χ2n) is 10.6. The van der Waals surface area contributed by atoms with Gasteiger partial charge in [-0.15, -0.1) is 0 Å². The fraction of sp³-hybridized carbons (Fsp3) is 0.0882. The SMILES string of the molecule is CC(NC(=O)c1cc(C#N)cnc1NCc1ccc(-c2cn(S(=O)(=O)c3ccccc3)c3ncnc(N)c23)cc1)c1ccc(F)cc1. The molecule has 1 amide bonds. The molecule has 47 heavy (non-hydrogen) atoms. The summed E-state index contributed by atoms with van der Waals surface area (Å²) in [5, 5.41) is 15.9. The molecule has 0 radical (unpaired) electrons. The zero-order chi connectivity index (χ0) is 33.1. The molecular formula is C34H27FN8O3S. The van der Waals surface area contributed by atoms with Gasteiger partial charge in [-0.1, -0.05) is 54.6 Å². The lowest BCUT2D eigenvalue weighted by Gasteiger charge is -2.16. The number of nitrogens with zero attached hydrogens (tertiary/aromatic N) is 5. The molecule has 13 heteroatoms. The number of nitrogens with one attached hydrogen (secondary N) is 2. The van der Waals surface area contributed by atoms with Crippen LogP contribution in [-0.2, 0) is 16.6 Å². The molecule has 1 atom stereocenters. The minimum atomic E-state index is -3.97. The molecule has 0 aliphatic carbocycles. The third kappa shape index (κ3) is 6.22. The zero-order valence-electron chi connectivity index (χ0n) is 24.9. The second kappa shape index (κ2) is 12.7. The molecule has 3 aromatic heterocycles. The zero-order valence-corrected chi connectivity index (χ0v) is 25.7. The largest absolute Gasteiger partial charge is 0.383 e. The number of nitrogen functional groups attached to an aromatic ring is 1. The lowest BCUT2D eigenvalue weighted by Crippen LogP contribution is -2.28. The van der Waals surface area contributed by atoms with Gasteiger partial charge in [0.2, 0.25) is 0 Å². The number of rotatable bonds is 9. The Morgan fingerprint density at radius 3 is 2.45 bits per heavy atom. The lowest BCUT2D eigenvalue weighted by molar-refractivity contribution is 0.0940. The van der Waals surface area contributed by atoms with Gasteiger partial charge < -0.3 is 16.4 Å². The Kier molecular flexibility index (Phi) is 8.34. The number of hydrogen-bond donors (Lipinski definition) is 3. The van der Waals surface area contributed by atoms with Crippen molar-refractivity contribution in [3.63, 3.8) is 0 Å². The van der Waals surface area contributed by atoms with E-state index >= 15 is 0 Å². The average Bonchev–Trinajstić information content (AvgIpc) is 3.50. The third-order valence-electron chi connectivity index (χ3n) is 7.58. The number of aromatic nitrogens is 4. The van der Waals surface area contributed by atoms with E-state index in [0.29, 0.717) is 22.1 Å². The Morgan fingerprint density at radius 2 is 1.74 bits per heavy atom. The number of fused-ring (bicyclic) bond motifs is 1. The molecule has 6 aromatic rings. The number of carbonyl (C=O) groups excluding carboxylic acids is 1. The topological polar surface area (TPSA) is 169 Å². The summed E-state index contributed by atoms with van der Waals surface area (Å²) in [4.78, 5) is 26.0. The Morgan fingerprint density at radius 1 is 1.02 bits per heavy atom. The summed E-state index contributed by atoms with van der Waals surface area (Å²) in [7, 11) is -3.97. The number of carbonyl (C=O) groups is 1. The molecule has 0 spiro atoms. The van der Waals surface area contributed by atoms with E-state index in [1.54, 1.807) is 37.3 Å². The Bertz CT molecular complexity index is 2250. The number of anilines is 2. The van der Waals surface area contributed by atoms with Crippen molar-refractivity contribution >= 4 is 38.6 Å². The van der Waals surface area contributed by atoms with Crippen LogP contribution in [0.4, 0.5) is 16.0 Å². The van der Waals surface area contributed by atoms with Gasteiger partial charge in [-0.3, -0.25) is 4.79 Å². The number of nitriles is 1. The molecule has 0 saturated heterocycles. The molecule has 3 heterocycles.